The molecule has 0 aliphatic heterocycles. The minimum atomic E-state index is -3.12. The van der Waals surface area contributed by atoms with E-state index < -0.39 is 15.7 Å². The van der Waals surface area contributed by atoms with Gasteiger partial charge in [0.25, 0.3) is 0 Å². The standard InChI is InChI=1S/C12H18FNO3S/c1-9(14)8-10-4-3-5-11(13)12(10)17-6-7-18(2,15)16/h3-5,9H,6-8,14H2,1-2H3. The molecule has 0 spiro atoms. The Balaban J connectivity index is 2.79. The number of rotatable bonds is 6. The zero-order valence-electron chi connectivity index (χ0n) is 10.5. The first-order valence-corrected chi connectivity index (χ1v) is 7.69. The maximum atomic E-state index is 13.6. The highest BCUT2D eigenvalue weighted by molar-refractivity contribution is 7.90. The van der Waals surface area contributed by atoms with Crippen LogP contribution in [0.4, 0.5) is 4.39 Å². The van der Waals surface area contributed by atoms with Gasteiger partial charge in [-0.05, 0) is 25.0 Å². The van der Waals surface area contributed by atoms with Crippen molar-refractivity contribution >= 4 is 9.84 Å². The molecule has 1 aromatic rings. The van der Waals surface area contributed by atoms with Crippen molar-refractivity contribution in [3.63, 3.8) is 0 Å². The number of para-hydroxylation sites is 1. The Morgan fingerprint density at radius 2 is 2.11 bits per heavy atom. The van der Waals surface area contributed by atoms with Gasteiger partial charge in [-0.1, -0.05) is 12.1 Å². The third kappa shape index (κ3) is 5.01. The van der Waals surface area contributed by atoms with E-state index in [2.05, 4.69) is 0 Å². The van der Waals surface area contributed by atoms with E-state index >= 15 is 0 Å². The molecule has 0 bridgehead atoms. The molecule has 0 aliphatic rings. The predicted molar refractivity (Wildman–Crippen MR) is 69.0 cm³/mol. The third-order valence-corrected chi connectivity index (χ3v) is 3.20. The van der Waals surface area contributed by atoms with Gasteiger partial charge in [0.05, 0.1) is 5.75 Å². The highest BCUT2D eigenvalue weighted by Crippen LogP contribution is 2.23. The second-order valence-corrected chi connectivity index (χ2v) is 6.65. The van der Waals surface area contributed by atoms with Crippen molar-refractivity contribution in [1.82, 2.24) is 0 Å². The molecule has 0 fully saturated rings. The Bertz CT molecular complexity index is 500. The first-order valence-electron chi connectivity index (χ1n) is 5.63. The van der Waals surface area contributed by atoms with E-state index in [1.54, 1.807) is 12.1 Å². The summed E-state index contributed by atoms with van der Waals surface area (Å²) in [5.74, 6) is -0.543. The van der Waals surface area contributed by atoms with Crippen LogP contribution in [0.3, 0.4) is 0 Å². The van der Waals surface area contributed by atoms with Crippen molar-refractivity contribution in [2.45, 2.75) is 19.4 Å². The Hall–Kier alpha value is -1.14. The summed E-state index contributed by atoms with van der Waals surface area (Å²) in [7, 11) is -3.12. The lowest BCUT2D eigenvalue weighted by molar-refractivity contribution is 0.318. The van der Waals surface area contributed by atoms with Gasteiger partial charge >= 0.3 is 0 Å². The topological polar surface area (TPSA) is 69.4 Å². The van der Waals surface area contributed by atoms with Gasteiger partial charge < -0.3 is 10.5 Å². The van der Waals surface area contributed by atoms with Crippen molar-refractivity contribution in [3.8, 4) is 5.75 Å². The zero-order chi connectivity index (χ0) is 13.8. The van der Waals surface area contributed by atoms with E-state index in [1.807, 2.05) is 6.92 Å². The second kappa shape index (κ2) is 6.15. The molecular weight excluding hydrogens is 257 g/mol. The number of benzene rings is 1. The molecule has 1 rings (SSSR count). The molecule has 1 aromatic carbocycles. The molecule has 0 saturated carbocycles. The fourth-order valence-electron chi connectivity index (χ4n) is 1.52. The number of ether oxygens (including phenoxy) is 1. The van der Waals surface area contributed by atoms with Gasteiger partial charge in [-0.15, -0.1) is 0 Å². The summed E-state index contributed by atoms with van der Waals surface area (Å²) in [4.78, 5) is 0. The largest absolute Gasteiger partial charge is 0.489 e. The number of sulfone groups is 1. The molecular formula is C12H18FNO3S. The number of nitrogens with two attached hydrogens (primary N) is 1. The average molecular weight is 275 g/mol. The number of halogens is 1. The molecule has 0 aromatic heterocycles. The van der Waals surface area contributed by atoms with E-state index in [-0.39, 0.29) is 24.2 Å². The smallest absolute Gasteiger partial charge is 0.165 e. The van der Waals surface area contributed by atoms with Gasteiger partial charge in [0, 0.05) is 12.3 Å². The van der Waals surface area contributed by atoms with Crippen LogP contribution in [0.2, 0.25) is 0 Å². The first-order chi connectivity index (χ1) is 8.29. The van der Waals surface area contributed by atoms with Crippen molar-refractivity contribution < 1.29 is 17.5 Å². The van der Waals surface area contributed by atoms with E-state index in [4.69, 9.17) is 10.5 Å². The van der Waals surface area contributed by atoms with Crippen LogP contribution in [-0.2, 0) is 16.3 Å². The summed E-state index contributed by atoms with van der Waals surface area (Å²) in [6.45, 7) is 1.75. The molecule has 0 saturated heterocycles. The van der Waals surface area contributed by atoms with E-state index in [0.29, 0.717) is 12.0 Å². The fourth-order valence-corrected chi connectivity index (χ4v) is 1.90. The van der Waals surface area contributed by atoms with Crippen LogP contribution in [-0.4, -0.2) is 33.1 Å². The summed E-state index contributed by atoms with van der Waals surface area (Å²) in [6.07, 6.45) is 1.59. The SMILES string of the molecule is CC(N)Cc1cccc(F)c1OCCS(C)(=O)=O. The van der Waals surface area contributed by atoms with Crippen molar-refractivity contribution in [3.05, 3.63) is 29.6 Å². The molecule has 18 heavy (non-hydrogen) atoms. The monoisotopic (exact) mass is 275 g/mol. The molecule has 6 heteroatoms. The van der Waals surface area contributed by atoms with Gasteiger partial charge in [-0.25, -0.2) is 12.8 Å². The maximum absolute atomic E-state index is 13.6. The Morgan fingerprint density at radius 1 is 1.44 bits per heavy atom. The van der Waals surface area contributed by atoms with Crippen LogP contribution in [0.25, 0.3) is 0 Å². The Labute approximate surface area is 107 Å². The molecule has 102 valence electrons. The average Bonchev–Trinajstić information content (AvgIpc) is 2.19. The van der Waals surface area contributed by atoms with Gasteiger partial charge in [-0.3, -0.25) is 0 Å². The lowest BCUT2D eigenvalue weighted by Gasteiger charge is -2.13. The molecule has 4 nitrogen and oxygen atoms in total. The van der Waals surface area contributed by atoms with Gasteiger partial charge in [-0.2, -0.15) is 0 Å². The molecule has 1 atom stereocenters. The van der Waals surface area contributed by atoms with E-state index in [0.717, 1.165) is 6.26 Å². The van der Waals surface area contributed by atoms with Crippen molar-refractivity contribution in [2.75, 3.05) is 18.6 Å². The van der Waals surface area contributed by atoms with E-state index in [1.165, 1.54) is 6.07 Å². The van der Waals surface area contributed by atoms with Gasteiger partial charge in [0.15, 0.2) is 21.4 Å². The number of hydrogen-bond acceptors (Lipinski definition) is 4. The normalized spacial score (nSPS) is 13.3. The highest BCUT2D eigenvalue weighted by Gasteiger charge is 2.12. The second-order valence-electron chi connectivity index (χ2n) is 4.39. The molecule has 1 unspecified atom stereocenters. The molecule has 2 N–H and O–H groups in total. The lowest BCUT2D eigenvalue weighted by atomic mass is 10.1. The van der Waals surface area contributed by atoms with E-state index in [9.17, 15) is 12.8 Å². The molecule has 0 radical (unpaired) electrons. The van der Waals surface area contributed by atoms with Crippen LogP contribution < -0.4 is 10.5 Å². The molecule has 0 aliphatic carbocycles. The van der Waals surface area contributed by atoms with Crippen LogP contribution in [0, 0.1) is 5.82 Å². The Kier molecular flexibility index (Phi) is 5.10. The summed E-state index contributed by atoms with van der Waals surface area (Å²) in [6, 6.07) is 4.46. The lowest BCUT2D eigenvalue weighted by Crippen LogP contribution is -2.19. The van der Waals surface area contributed by atoms with Gasteiger partial charge in [0.1, 0.15) is 6.61 Å². The zero-order valence-corrected chi connectivity index (χ0v) is 11.3. The van der Waals surface area contributed by atoms with Crippen molar-refractivity contribution in [1.29, 1.82) is 0 Å². The summed E-state index contributed by atoms with van der Waals surface area (Å²) in [5, 5.41) is 0. The maximum Gasteiger partial charge on any atom is 0.165 e. The van der Waals surface area contributed by atoms with Crippen molar-refractivity contribution in [2.24, 2.45) is 5.73 Å². The third-order valence-electron chi connectivity index (χ3n) is 2.29. The minimum Gasteiger partial charge on any atom is -0.489 e. The molecule has 0 amide bonds. The predicted octanol–water partition coefficient (Wildman–Crippen LogP) is 1.14. The summed E-state index contributed by atoms with van der Waals surface area (Å²) in [5.41, 5.74) is 6.32. The Morgan fingerprint density at radius 3 is 2.67 bits per heavy atom. The number of hydrogen-bond donors (Lipinski definition) is 1. The van der Waals surface area contributed by atoms with Crippen LogP contribution >= 0.6 is 0 Å². The summed E-state index contributed by atoms with van der Waals surface area (Å²) >= 11 is 0. The minimum absolute atomic E-state index is 0.0638. The fraction of sp³-hybridized carbons (Fsp3) is 0.500. The summed E-state index contributed by atoms with van der Waals surface area (Å²) < 4.78 is 40.8. The van der Waals surface area contributed by atoms with Crippen LogP contribution in [0.1, 0.15) is 12.5 Å². The van der Waals surface area contributed by atoms with Crippen LogP contribution in [0.15, 0.2) is 18.2 Å². The van der Waals surface area contributed by atoms with Crippen LogP contribution in [0.5, 0.6) is 5.75 Å². The molecule has 0 heterocycles. The van der Waals surface area contributed by atoms with Gasteiger partial charge in [0.2, 0.25) is 0 Å². The first kappa shape index (κ1) is 14.9. The highest BCUT2D eigenvalue weighted by atomic mass is 32.2. The quantitative estimate of drug-likeness (QED) is 0.845.